The van der Waals surface area contributed by atoms with E-state index in [4.69, 9.17) is 31.7 Å². The van der Waals surface area contributed by atoms with Crippen LogP contribution in [-0.2, 0) is 28.7 Å². The van der Waals surface area contributed by atoms with Crippen molar-refractivity contribution in [3.63, 3.8) is 0 Å². The Hall–Kier alpha value is -1.59. The number of ether oxygens (including phenoxy) is 2. The van der Waals surface area contributed by atoms with Crippen molar-refractivity contribution < 1.29 is 38.6 Å². The smallest absolute Gasteiger partial charge is 0.208 e. The second kappa shape index (κ2) is 46.5. The molecule has 442 valence electrons. The molecule has 0 aromatic rings. The van der Waals surface area contributed by atoms with Crippen molar-refractivity contribution in [3.05, 3.63) is 0 Å². The minimum atomic E-state index is -0.284. The Morgan fingerprint density at radius 1 is 0.507 bits per heavy atom. The summed E-state index contributed by atoms with van der Waals surface area (Å²) < 4.78 is 12.6. The number of nitrogens with zero attached hydrogens (tertiary/aromatic N) is 2. The zero-order valence-electron chi connectivity index (χ0n) is 55.7. The topological polar surface area (TPSA) is 105 Å². The first-order valence-electron chi connectivity index (χ1n) is 28.9. The standard InChI is InChI=1S/C10H20O2.C8H18NO.C8H14O2.2C8H18.C7H17NO.C7H14O.C7H14S/c1-8(2)7-10(9(3)4)11-5-6-12-10;1-6(2)8(7(3)4)9(5)10;1-5(2)7(9)8(10)6(3)4;2*1-6(2)8(5)7(3)4;1-6(2)8(5)9-7(3)4;2*1-5(2)7(8)6(3)4/h8-9H,5-7H2,1-4H3;6-7,10H,1-5H3;5-6H,1-4H3;2*6-8H,1-5H3;6-7H,1-5H3;2*5-6H,1-4H3/q;+1;;;;;;. The molecule has 0 spiro atoms. The van der Waals surface area contributed by atoms with Crippen LogP contribution in [0.4, 0.5) is 0 Å². The first-order chi connectivity index (χ1) is 32.7. The first kappa shape index (κ1) is 85.3. The van der Waals surface area contributed by atoms with Crippen molar-refractivity contribution in [2.45, 2.75) is 260 Å². The Kier molecular flexibility index (Phi) is 54.4. The monoisotopic (exact) mass is 1060 g/mol. The second-order valence-corrected chi connectivity index (χ2v) is 25.9. The summed E-state index contributed by atoms with van der Waals surface area (Å²) in [6.07, 6.45) is 1.29. The highest BCUT2D eigenvalue weighted by molar-refractivity contribution is 7.80. The van der Waals surface area contributed by atoms with Crippen molar-refractivity contribution >= 4 is 40.1 Å². The molecule has 1 rings (SSSR count). The Morgan fingerprint density at radius 3 is 0.877 bits per heavy atom. The SMILES string of the molecule is CC(C)C(=O)C(=O)C(C)C.CC(C)C(=O)C(C)C.CC(C)C(=S)C(C)C.CC(C)C(C(C)C)=[N+](C)O.CC(C)C(C)C(C)C.CC(C)C(C)C(C)C.CC(C)CC1(C(C)C)OCCO1.CC(C)ON(C)C(C)C. The number of carbonyl (C=O) groups is 3. The Labute approximate surface area is 463 Å². The molecular weight excluding hydrogens is 929 g/mol. The molecule has 0 amide bonds. The predicted octanol–water partition coefficient (Wildman–Crippen LogP) is 17.7. The number of hydrogen-bond acceptors (Lipinski definition) is 9. The molecule has 0 radical (unpaired) electrons. The van der Waals surface area contributed by atoms with Gasteiger partial charge in [-0.25, -0.2) is 0 Å². The number of thiocarbonyl (C=S) groups is 1. The summed E-state index contributed by atoms with van der Waals surface area (Å²) in [5.74, 6) is 7.84. The van der Waals surface area contributed by atoms with Gasteiger partial charge < -0.3 is 9.47 Å². The molecule has 1 heterocycles. The van der Waals surface area contributed by atoms with E-state index in [-0.39, 0.29) is 47.1 Å². The minimum absolute atomic E-state index is 0.157. The van der Waals surface area contributed by atoms with Crippen LogP contribution in [0.3, 0.4) is 0 Å². The van der Waals surface area contributed by atoms with Crippen LogP contribution in [0.25, 0.3) is 0 Å². The fourth-order valence-electron chi connectivity index (χ4n) is 7.04. The third kappa shape index (κ3) is 48.5. The van der Waals surface area contributed by atoms with Gasteiger partial charge in [-0.3, -0.25) is 24.4 Å². The third-order valence-corrected chi connectivity index (χ3v) is 13.7. The Morgan fingerprint density at radius 2 is 0.795 bits per heavy atom. The molecule has 0 aliphatic carbocycles. The molecule has 1 aliphatic rings. The fraction of sp³-hybridized carbons (Fsp3) is 0.921. The van der Waals surface area contributed by atoms with Crippen LogP contribution >= 0.6 is 12.2 Å². The number of rotatable bonds is 19. The molecule has 0 aromatic heterocycles. The van der Waals surface area contributed by atoms with Crippen molar-refractivity contribution in [1.82, 2.24) is 5.06 Å². The quantitative estimate of drug-likeness (QED) is 0.0338. The lowest BCUT2D eigenvalue weighted by Crippen LogP contribution is -2.37. The minimum Gasteiger partial charge on any atom is -0.347 e. The van der Waals surface area contributed by atoms with Crippen LogP contribution < -0.4 is 0 Å². The lowest BCUT2D eigenvalue weighted by atomic mass is 9.88. The Bertz CT molecular complexity index is 1270. The molecule has 9 nitrogen and oxygen atoms in total. The maximum absolute atomic E-state index is 10.9. The molecule has 0 atom stereocenters. The summed E-state index contributed by atoms with van der Waals surface area (Å²) in [5.41, 5.74) is 1.08. The van der Waals surface area contributed by atoms with Crippen LogP contribution in [-0.4, -0.2) is 88.2 Å². The largest absolute Gasteiger partial charge is 0.347 e. The van der Waals surface area contributed by atoms with Gasteiger partial charge in [-0.2, -0.15) is 5.06 Å². The molecule has 1 aliphatic heterocycles. The number of carbonyl (C=O) groups excluding carboxylic acids is 3. The van der Waals surface area contributed by atoms with Gasteiger partial charge in [-0.05, 0) is 90.6 Å². The van der Waals surface area contributed by atoms with E-state index in [1.807, 2.05) is 53.7 Å². The normalized spacial score (nSPS) is 13.1. The summed E-state index contributed by atoms with van der Waals surface area (Å²) in [4.78, 5) is 39.2. The average Bonchev–Trinajstić information content (AvgIpc) is 3.71. The zero-order chi connectivity index (χ0) is 60.2. The summed E-state index contributed by atoms with van der Waals surface area (Å²) in [6, 6.07) is 0.465. The number of ketones is 3. The average molecular weight is 1060 g/mol. The third-order valence-electron chi connectivity index (χ3n) is 12.8. The Balaban J connectivity index is -0.000000137. The molecule has 10 heteroatoms. The van der Waals surface area contributed by atoms with Gasteiger partial charge in [0.05, 0.1) is 19.3 Å². The van der Waals surface area contributed by atoms with E-state index in [1.54, 1.807) is 34.7 Å². The van der Waals surface area contributed by atoms with E-state index in [1.165, 1.54) is 9.60 Å². The summed E-state index contributed by atoms with van der Waals surface area (Å²) >= 11 is 5.10. The molecule has 73 heavy (non-hydrogen) atoms. The highest BCUT2D eigenvalue weighted by Crippen LogP contribution is 2.34. The van der Waals surface area contributed by atoms with Crippen LogP contribution in [0.2, 0.25) is 0 Å². The van der Waals surface area contributed by atoms with E-state index < -0.39 is 0 Å². The molecule has 0 saturated carbocycles. The van der Waals surface area contributed by atoms with Gasteiger partial charge >= 0.3 is 0 Å². The van der Waals surface area contributed by atoms with Gasteiger partial charge in [0, 0.05) is 60.9 Å². The van der Waals surface area contributed by atoms with Crippen LogP contribution in [0.1, 0.15) is 242 Å². The van der Waals surface area contributed by atoms with Gasteiger partial charge in [0.15, 0.2) is 12.8 Å². The van der Waals surface area contributed by atoms with E-state index in [2.05, 4.69) is 166 Å². The van der Waals surface area contributed by atoms with E-state index >= 15 is 0 Å². The van der Waals surface area contributed by atoms with E-state index in [9.17, 15) is 14.4 Å². The summed E-state index contributed by atoms with van der Waals surface area (Å²) in [6.45, 7) is 73.0. The lowest BCUT2D eigenvalue weighted by molar-refractivity contribution is -0.757. The van der Waals surface area contributed by atoms with Gasteiger partial charge in [0.25, 0.3) is 0 Å². The van der Waals surface area contributed by atoms with E-state index in [0.29, 0.717) is 47.3 Å². The lowest BCUT2D eigenvalue weighted by Gasteiger charge is -2.32. The molecule has 1 fully saturated rings. The van der Waals surface area contributed by atoms with Crippen molar-refractivity contribution in [2.75, 3.05) is 27.3 Å². The molecule has 1 N–H and O–H groups in total. The summed E-state index contributed by atoms with van der Waals surface area (Å²) in [5, 5.41) is 11.0. The number of hydrogen-bond donors (Lipinski definition) is 1. The molecular formula is C63H133N2O7S+. The van der Waals surface area contributed by atoms with Crippen LogP contribution in [0, 0.1) is 94.7 Å². The number of Topliss-reactive ketones (excluding diaryl/α,β-unsaturated/α-hetero) is 3. The molecule has 0 aromatic carbocycles. The van der Waals surface area contributed by atoms with Gasteiger partial charge in [0.2, 0.25) is 17.3 Å². The molecule has 1 saturated heterocycles. The van der Waals surface area contributed by atoms with Gasteiger partial charge in [-0.1, -0.05) is 220 Å². The van der Waals surface area contributed by atoms with Crippen LogP contribution in [0.15, 0.2) is 0 Å². The highest BCUT2D eigenvalue weighted by atomic mass is 32.1. The van der Waals surface area contributed by atoms with Crippen molar-refractivity contribution in [2.24, 2.45) is 94.7 Å². The van der Waals surface area contributed by atoms with Crippen molar-refractivity contribution in [1.29, 1.82) is 0 Å². The summed E-state index contributed by atoms with van der Waals surface area (Å²) in [7, 11) is 3.62. The van der Waals surface area contributed by atoms with Gasteiger partial charge in [-0.15, -0.1) is 0 Å². The first-order valence-corrected chi connectivity index (χ1v) is 29.3. The maximum Gasteiger partial charge on any atom is 0.208 e. The zero-order valence-corrected chi connectivity index (χ0v) is 56.5. The fourth-order valence-corrected chi connectivity index (χ4v) is 7.04. The van der Waals surface area contributed by atoms with Crippen LogP contribution in [0.5, 0.6) is 0 Å². The number of hydroxylamine groups is 3. The van der Waals surface area contributed by atoms with E-state index in [0.717, 1.165) is 60.9 Å². The highest BCUT2D eigenvalue weighted by Gasteiger charge is 2.40. The maximum atomic E-state index is 10.9. The molecule has 0 bridgehead atoms. The predicted molar refractivity (Wildman–Crippen MR) is 325 cm³/mol. The van der Waals surface area contributed by atoms with Gasteiger partial charge in [0.1, 0.15) is 5.78 Å². The second-order valence-electron chi connectivity index (χ2n) is 25.5. The molecule has 0 unspecified atom stereocenters. The van der Waals surface area contributed by atoms with Crippen molar-refractivity contribution in [3.8, 4) is 0 Å².